The number of sulfonamides is 1. The number of ether oxygens (including phenoxy) is 2. The maximum atomic E-state index is 14.8. The molecule has 1 saturated carbocycles. The molecule has 2 aromatic carbocycles. The fraction of sp³-hybridized carbons (Fsp3) is 0.500. The number of rotatable bonds is 14. The average Bonchev–Trinajstić information content (AvgIpc) is 3.97. The van der Waals surface area contributed by atoms with Crippen LogP contribution in [-0.4, -0.2) is 97.0 Å². The van der Waals surface area contributed by atoms with E-state index in [4.69, 9.17) is 14.5 Å². The first-order valence-corrected chi connectivity index (χ1v) is 21.0. The van der Waals surface area contributed by atoms with Crippen molar-refractivity contribution < 1.29 is 37.1 Å². The normalized spacial score (nSPS) is 19.9. The highest BCUT2D eigenvalue weighted by Gasteiger charge is 2.47. The predicted molar refractivity (Wildman–Crippen MR) is 213 cm³/mol. The zero-order valence-corrected chi connectivity index (χ0v) is 33.5. The van der Waals surface area contributed by atoms with Gasteiger partial charge in [-0.3, -0.25) is 23.9 Å². The Morgan fingerprint density at radius 3 is 2.38 bits per heavy atom. The Morgan fingerprint density at radius 2 is 1.73 bits per heavy atom. The van der Waals surface area contributed by atoms with Crippen molar-refractivity contribution in [3.05, 3.63) is 67.3 Å². The van der Waals surface area contributed by atoms with E-state index in [-0.39, 0.29) is 37.6 Å². The molecule has 0 unspecified atom stereocenters. The number of nitrogens with one attached hydrogen (secondary N) is 2. The molecule has 1 aliphatic carbocycles. The van der Waals surface area contributed by atoms with E-state index in [2.05, 4.69) is 16.6 Å². The van der Waals surface area contributed by atoms with E-state index >= 15 is 0 Å². The van der Waals surface area contributed by atoms with Gasteiger partial charge in [-0.05, 0) is 56.1 Å². The highest BCUT2D eigenvalue weighted by Crippen LogP contribution is 2.37. The van der Waals surface area contributed by atoms with Gasteiger partial charge in [0.05, 0.1) is 36.0 Å². The van der Waals surface area contributed by atoms with Gasteiger partial charge < -0.3 is 24.6 Å². The summed E-state index contributed by atoms with van der Waals surface area (Å²) >= 11 is 0. The van der Waals surface area contributed by atoms with Crippen LogP contribution >= 0.6 is 0 Å². The van der Waals surface area contributed by atoms with Crippen molar-refractivity contribution in [1.29, 1.82) is 0 Å². The number of pyridine rings is 1. The van der Waals surface area contributed by atoms with Gasteiger partial charge in [0.25, 0.3) is 5.91 Å². The molecule has 1 aromatic heterocycles. The summed E-state index contributed by atoms with van der Waals surface area (Å²) in [7, 11) is -2.31. The lowest BCUT2D eigenvalue weighted by atomic mass is 9.77. The topological polar surface area (TPSA) is 164 Å². The predicted octanol–water partition coefficient (Wildman–Crippen LogP) is 4.99. The van der Waals surface area contributed by atoms with Crippen LogP contribution < -0.4 is 19.5 Å². The largest absolute Gasteiger partial charge is 0.497 e. The van der Waals surface area contributed by atoms with E-state index in [1.807, 2.05) is 74.2 Å². The minimum absolute atomic E-state index is 0.0174. The Hall–Kier alpha value is -4.98. The summed E-state index contributed by atoms with van der Waals surface area (Å²) < 4.78 is 39.6. The summed E-state index contributed by atoms with van der Waals surface area (Å²) in [6.07, 6.45) is 4.57. The van der Waals surface area contributed by atoms with E-state index in [0.29, 0.717) is 54.0 Å². The second-order valence-electron chi connectivity index (χ2n) is 16.1. The van der Waals surface area contributed by atoms with Crippen molar-refractivity contribution in [1.82, 2.24) is 24.8 Å². The van der Waals surface area contributed by atoms with Gasteiger partial charge in [-0.15, -0.1) is 6.58 Å². The van der Waals surface area contributed by atoms with Crippen LogP contribution in [0.2, 0.25) is 0 Å². The lowest BCUT2D eigenvalue weighted by molar-refractivity contribution is -0.148. The van der Waals surface area contributed by atoms with Crippen LogP contribution in [0.25, 0.3) is 22.2 Å². The van der Waals surface area contributed by atoms with Gasteiger partial charge in [-0.25, -0.2) is 13.4 Å². The van der Waals surface area contributed by atoms with E-state index in [9.17, 15) is 27.6 Å². The van der Waals surface area contributed by atoms with Crippen molar-refractivity contribution in [2.24, 2.45) is 11.3 Å². The summed E-state index contributed by atoms with van der Waals surface area (Å²) in [5.74, 6) is -1.63. The molecule has 300 valence electrons. The molecule has 0 radical (unpaired) electrons. The Kier molecular flexibility index (Phi) is 12.4. The molecule has 3 fully saturated rings. The second kappa shape index (κ2) is 17.0. The number of hydrogen-bond donors (Lipinski definition) is 2. The zero-order valence-electron chi connectivity index (χ0n) is 32.7. The highest BCUT2D eigenvalue weighted by molar-refractivity contribution is 7.90. The number of aromatic nitrogens is 1. The number of fused-ring (bicyclic) bond motifs is 1. The van der Waals surface area contributed by atoms with E-state index < -0.39 is 56.6 Å². The Bertz CT molecular complexity index is 2060. The summed E-state index contributed by atoms with van der Waals surface area (Å²) in [5.41, 5.74) is 1.51. The van der Waals surface area contributed by atoms with Crippen molar-refractivity contribution in [3.8, 4) is 22.8 Å². The first-order valence-electron chi connectivity index (χ1n) is 19.4. The number of carbonyl (C=O) groups is 4. The minimum atomic E-state index is -3.89. The molecule has 13 nitrogen and oxygen atoms in total. The van der Waals surface area contributed by atoms with Crippen LogP contribution in [0.4, 0.5) is 0 Å². The smallest absolute Gasteiger partial charge is 0.256 e. The molecule has 56 heavy (non-hydrogen) atoms. The Balaban J connectivity index is 1.32. The molecule has 4 amide bonds. The third-order valence-corrected chi connectivity index (χ3v) is 12.7. The average molecular weight is 788 g/mol. The van der Waals surface area contributed by atoms with E-state index in [0.717, 1.165) is 24.8 Å². The van der Waals surface area contributed by atoms with Crippen LogP contribution in [0.3, 0.4) is 0 Å². The van der Waals surface area contributed by atoms with Gasteiger partial charge in [0.2, 0.25) is 27.7 Å². The van der Waals surface area contributed by atoms with E-state index in [1.165, 1.54) is 11.0 Å². The summed E-state index contributed by atoms with van der Waals surface area (Å²) in [4.78, 5) is 64.1. The highest BCUT2D eigenvalue weighted by atomic mass is 32.2. The lowest BCUT2D eigenvalue weighted by Crippen LogP contribution is -2.55. The molecule has 3 aliphatic rings. The fourth-order valence-corrected chi connectivity index (χ4v) is 8.81. The molecule has 14 heteroatoms. The Labute approximate surface area is 329 Å². The third kappa shape index (κ3) is 9.51. The SMILES string of the molecule is C=CC[C@@H](NC(=O)[C@@H]1C[C@@H](Oc2cc(-c3ccccc3)nc3cc(OC)ccc23)CN1C(=O)[C@@H](CC(=O)N1CCCCC1)C(C)(C)C)C(=O)NS(=O)(=O)C1CC1. The first kappa shape index (κ1) is 40.7. The standard InChI is InChI=1S/C42H53N5O8S/c1-6-13-33(39(49)45-56(52,53)30-17-18-30)44-40(50)36-23-29(26-47(36)41(51)32(42(2,3)4)24-38(48)46-20-11-8-12-21-46)55-37-25-34(27-14-9-7-10-15-27)43-35-22-28(54-5)16-19-31(35)37/h6-7,9-10,14-16,19,22,25,29-30,32-33,36H,1,8,11-13,17-18,20-21,23-24,26H2,2-5H3,(H,44,50)(H,45,49)/t29-,32-,33-,36+/m1/s1. The summed E-state index contributed by atoms with van der Waals surface area (Å²) in [5, 5.41) is 2.79. The quantitative estimate of drug-likeness (QED) is 0.214. The molecule has 0 spiro atoms. The van der Waals surface area contributed by atoms with Crippen molar-refractivity contribution >= 4 is 44.6 Å². The number of amides is 4. The van der Waals surface area contributed by atoms with Crippen molar-refractivity contribution in [2.75, 3.05) is 26.7 Å². The van der Waals surface area contributed by atoms with Gasteiger partial charge in [-0.1, -0.05) is 57.2 Å². The van der Waals surface area contributed by atoms with Gasteiger partial charge in [0.15, 0.2) is 0 Å². The monoisotopic (exact) mass is 787 g/mol. The zero-order chi connectivity index (χ0) is 40.2. The second-order valence-corrected chi connectivity index (χ2v) is 18.1. The number of piperidine rings is 1. The molecule has 0 bridgehead atoms. The molecular weight excluding hydrogens is 735 g/mol. The van der Waals surface area contributed by atoms with Gasteiger partial charge in [0, 0.05) is 49.0 Å². The minimum Gasteiger partial charge on any atom is -0.497 e. The maximum absolute atomic E-state index is 14.8. The molecule has 2 saturated heterocycles. The third-order valence-electron chi connectivity index (χ3n) is 10.9. The van der Waals surface area contributed by atoms with Gasteiger partial charge in [-0.2, -0.15) is 0 Å². The number of carbonyl (C=O) groups excluding carboxylic acids is 4. The summed E-state index contributed by atoms with van der Waals surface area (Å²) in [6, 6.07) is 14.6. The molecule has 2 N–H and O–H groups in total. The molecule has 2 aliphatic heterocycles. The van der Waals surface area contributed by atoms with Crippen LogP contribution in [0.5, 0.6) is 11.5 Å². The fourth-order valence-electron chi connectivity index (χ4n) is 7.46. The molecule has 6 rings (SSSR count). The maximum Gasteiger partial charge on any atom is 0.256 e. The Morgan fingerprint density at radius 1 is 1.02 bits per heavy atom. The number of benzene rings is 2. The molecule has 4 atom stereocenters. The molecule has 3 heterocycles. The summed E-state index contributed by atoms with van der Waals surface area (Å²) in [6.45, 7) is 10.7. The molecular formula is C42H53N5O8S. The number of methoxy groups -OCH3 is 1. The number of nitrogens with zero attached hydrogens (tertiary/aromatic N) is 3. The number of likely N-dealkylation sites (tertiary alicyclic amines) is 2. The van der Waals surface area contributed by atoms with Crippen LogP contribution in [-0.2, 0) is 29.2 Å². The van der Waals surface area contributed by atoms with Gasteiger partial charge in [0.1, 0.15) is 29.7 Å². The lowest BCUT2D eigenvalue weighted by Gasteiger charge is -2.36. The van der Waals surface area contributed by atoms with Crippen LogP contribution in [0, 0.1) is 11.3 Å². The van der Waals surface area contributed by atoms with Crippen LogP contribution in [0.1, 0.15) is 72.1 Å². The van der Waals surface area contributed by atoms with Gasteiger partial charge >= 0.3 is 0 Å². The first-order chi connectivity index (χ1) is 26.7. The van der Waals surface area contributed by atoms with Crippen molar-refractivity contribution in [3.63, 3.8) is 0 Å². The van der Waals surface area contributed by atoms with E-state index in [1.54, 1.807) is 13.2 Å². The van der Waals surface area contributed by atoms with Crippen LogP contribution in [0.15, 0.2) is 67.3 Å². The number of hydrogen-bond acceptors (Lipinski definition) is 9. The van der Waals surface area contributed by atoms with Crippen molar-refractivity contribution in [2.45, 2.75) is 95.6 Å². The molecule has 3 aromatic rings.